The summed E-state index contributed by atoms with van der Waals surface area (Å²) in [5.41, 5.74) is 4.34. The number of nitrogens with one attached hydrogen (secondary N) is 1. The predicted molar refractivity (Wildman–Crippen MR) is 136 cm³/mol. The van der Waals surface area contributed by atoms with Crippen LogP contribution in [-0.2, 0) is 0 Å². The second kappa shape index (κ2) is 9.27. The van der Waals surface area contributed by atoms with Crippen molar-refractivity contribution in [1.82, 2.24) is 14.9 Å². The van der Waals surface area contributed by atoms with Crippen LogP contribution in [0.2, 0.25) is 0 Å². The molecule has 7 heteroatoms. The van der Waals surface area contributed by atoms with Gasteiger partial charge in [-0.05, 0) is 98.4 Å². The van der Waals surface area contributed by atoms with Gasteiger partial charge in [0.15, 0.2) is 5.11 Å². The van der Waals surface area contributed by atoms with Crippen molar-refractivity contribution in [2.75, 3.05) is 11.5 Å². The molecule has 0 amide bonds. The van der Waals surface area contributed by atoms with E-state index < -0.39 is 0 Å². The summed E-state index contributed by atoms with van der Waals surface area (Å²) in [5, 5.41) is 4.04. The first-order valence-electron chi connectivity index (χ1n) is 11.2. The number of pyridine rings is 1. The number of anilines is 1. The molecule has 2 aromatic heterocycles. The van der Waals surface area contributed by atoms with Gasteiger partial charge in [-0.2, -0.15) is 0 Å². The van der Waals surface area contributed by atoms with E-state index >= 15 is 0 Å². The van der Waals surface area contributed by atoms with Crippen molar-refractivity contribution < 1.29 is 9.13 Å². The lowest BCUT2D eigenvalue weighted by atomic mass is 10.0. The Morgan fingerprint density at radius 3 is 2.53 bits per heavy atom. The van der Waals surface area contributed by atoms with Crippen LogP contribution in [0.25, 0.3) is 5.69 Å². The first-order valence-corrected chi connectivity index (χ1v) is 11.6. The normalized spacial score (nSPS) is 17.6. The highest BCUT2D eigenvalue weighted by Crippen LogP contribution is 2.42. The molecule has 172 valence electrons. The molecule has 0 aliphatic carbocycles. The van der Waals surface area contributed by atoms with Crippen molar-refractivity contribution in [3.63, 3.8) is 0 Å². The number of halogens is 1. The lowest BCUT2D eigenvalue weighted by Gasteiger charge is -2.29. The lowest BCUT2D eigenvalue weighted by molar-refractivity contribution is 0.340. The standard InChI is InChI=1S/C27H25FN4OS/c1-3-33-21-12-9-19(10-13-21)31-16-6-8-24(31)26-25(23-7-4-5-15-29-23)30-27(34)32(26)20-11-14-22(28)18(2)17-20/h4-17,25-26H,3H2,1-2H3,(H,30,34)/t25-,26+/m1/s1. The fourth-order valence-corrected chi connectivity index (χ4v) is 4.80. The molecule has 0 spiro atoms. The molecule has 1 saturated heterocycles. The Labute approximate surface area is 203 Å². The van der Waals surface area contributed by atoms with Crippen LogP contribution in [0.1, 0.15) is 36.0 Å². The summed E-state index contributed by atoms with van der Waals surface area (Å²) in [6, 6.07) is 22.7. The van der Waals surface area contributed by atoms with Crippen LogP contribution in [0.4, 0.5) is 10.1 Å². The van der Waals surface area contributed by atoms with Crippen LogP contribution in [0, 0.1) is 12.7 Å². The van der Waals surface area contributed by atoms with Gasteiger partial charge in [0.05, 0.1) is 18.3 Å². The second-order valence-electron chi connectivity index (χ2n) is 8.16. The molecule has 4 aromatic rings. The number of hydrogen-bond acceptors (Lipinski definition) is 3. The minimum atomic E-state index is -0.239. The number of benzene rings is 2. The quantitative estimate of drug-likeness (QED) is 0.354. The number of rotatable bonds is 6. The maximum Gasteiger partial charge on any atom is 0.174 e. The summed E-state index contributed by atoms with van der Waals surface area (Å²) in [6.45, 7) is 4.35. The lowest BCUT2D eigenvalue weighted by Crippen LogP contribution is -2.30. The zero-order valence-corrected chi connectivity index (χ0v) is 19.8. The Hall–Kier alpha value is -3.71. The summed E-state index contributed by atoms with van der Waals surface area (Å²) < 4.78 is 21.8. The maximum atomic E-state index is 14.1. The molecule has 1 fully saturated rings. The maximum absolute atomic E-state index is 14.1. The van der Waals surface area contributed by atoms with E-state index in [-0.39, 0.29) is 17.9 Å². The van der Waals surface area contributed by atoms with E-state index in [4.69, 9.17) is 17.0 Å². The molecule has 2 atom stereocenters. The zero-order chi connectivity index (χ0) is 23.7. The van der Waals surface area contributed by atoms with Crippen molar-refractivity contribution in [1.29, 1.82) is 0 Å². The molecular weight excluding hydrogens is 447 g/mol. The SMILES string of the molecule is CCOc1ccc(-n2cccc2[C@H]2[C@@H](c3ccccn3)NC(=S)N2c2ccc(F)c(C)c2)cc1. The molecule has 0 radical (unpaired) electrons. The van der Waals surface area contributed by atoms with Gasteiger partial charge < -0.3 is 19.5 Å². The monoisotopic (exact) mass is 472 g/mol. The Bertz CT molecular complexity index is 1310. The molecule has 0 saturated carbocycles. The second-order valence-corrected chi connectivity index (χ2v) is 8.55. The van der Waals surface area contributed by atoms with Crippen LogP contribution in [-0.4, -0.2) is 21.3 Å². The number of thiocarbonyl (C=S) groups is 1. The minimum absolute atomic E-state index is 0.185. The van der Waals surface area contributed by atoms with Crippen LogP contribution in [0.3, 0.4) is 0 Å². The van der Waals surface area contributed by atoms with Gasteiger partial charge in [-0.15, -0.1) is 0 Å². The smallest absolute Gasteiger partial charge is 0.174 e. The van der Waals surface area contributed by atoms with Gasteiger partial charge in [0, 0.05) is 29.5 Å². The van der Waals surface area contributed by atoms with E-state index in [2.05, 4.69) is 25.8 Å². The van der Waals surface area contributed by atoms with Crippen molar-refractivity contribution in [3.05, 3.63) is 108 Å². The summed E-state index contributed by atoms with van der Waals surface area (Å²) >= 11 is 5.80. The Morgan fingerprint density at radius 2 is 1.82 bits per heavy atom. The molecule has 5 nitrogen and oxygen atoms in total. The topological polar surface area (TPSA) is 42.3 Å². The molecule has 0 unspecified atom stereocenters. The van der Waals surface area contributed by atoms with Crippen molar-refractivity contribution in [2.24, 2.45) is 0 Å². The molecule has 5 rings (SSSR count). The molecule has 1 aliphatic heterocycles. The predicted octanol–water partition coefficient (Wildman–Crippen LogP) is 5.90. The Balaban J connectivity index is 1.62. The van der Waals surface area contributed by atoms with E-state index in [0.29, 0.717) is 17.3 Å². The van der Waals surface area contributed by atoms with E-state index in [1.807, 2.05) is 67.7 Å². The fraction of sp³-hybridized carbons (Fsp3) is 0.185. The van der Waals surface area contributed by atoms with E-state index in [1.54, 1.807) is 19.2 Å². The number of aryl methyl sites for hydroxylation is 1. The summed E-state index contributed by atoms with van der Waals surface area (Å²) in [4.78, 5) is 6.67. The molecular formula is C27H25FN4OS. The van der Waals surface area contributed by atoms with Crippen LogP contribution in [0.15, 0.2) is 85.2 Å². The van der Waals surface area contributed by atoms with Crippen molar-refractivity contribution in [3.8, 4) is 11.4 Å². The third-order valence-corrected chi connectivity index (χ3v) is 6.34. The first kappa shape index (κ1) is 22.1. The third-order valence-electron chi connectivity index (χ3n) is 6.03. The minimum Gasteiger partial charge on any atom is -0.494 e. The zero-order valence-electron chi connectivity index (χ0n) is 19.0. The molecule has 3 heterocycles. The van der Waals surface area contributed by atoms with Gasteiger partial charge in [-0.1, -0.05) is 6.07 Å². The average molecular weight is 473 g/mol. The molecule has 1 N–H and O–H groups in total. The van der Waals surface area contributed by atoms with Gasteiger partial charge in [-0.3, -0.25) is 4.98 Å². The summed E-state index contributed by atoms with van der Waals surface area (Å²) in [7, 11) is 0. The number of ether oxygens (including phenoxy) is 1. The van der Waals surface area contributed by atoms with Gasteiger partial charge in [-0.25, -0.2) is 4.39 Å². The highest BCUT2D eigenvalue weighted by molar-refractivity contribution is 7.80. The van der Waals surface area contributed by atoms with E-state index in [9.17, 15) is 4.39 Å². The highest BCUT2D eigenvalue weighted by atomic mass is 32.1. The van der Waals surface area contributed by atoms with Gasteiger partial charge in [0.2, 0.25) is 0 Å². The molecule has 2 aromatic carbocycles. The van der Waals surface area contributed by atoms with Crippen LogP contribution >= 0.6 is 12.2 Å². The average Bonchev–Trinajstić information content (AvgIpc) is 3.46. The fourth-order valence-electron chi connectivity index (χ4n) is 4.45. The third kappa shape index (κ3) is 4.03. The van der Waals surface area contributed by atoms with Crippen molar-refractivity contribution >= 4 is 23.0 Å². The Kier molecular flexibility index (Phi) is 6.02. The molecule has 34 heavy (non-hydrogen) atoms. The number of nitrogens with zero attached hydrogens (tertiary/aromatic N) is 3. The van der Waals surface area contributed by atoms with Crippen LogP contribution < -0.4 is 15.0 Å². The van der Waals surface area contributed by atoms with E-state index in [0.717, 1.165) is 28.5 Å². The number of aromatic nitrogens is 2. The van der Waals surface area contributed by atoms with Gasteiger partial charge in [0.25, 0.3) is 0 Å². The first-order chi connectivity index (χ1) is 16.6. The van der Waals surface area contributed by atoms with Crippen LogP contribution in [0.5, 0.6) is 5.75 Å². The Morgan fingerprint density at radius 1 is 1.03 bits per heavy atom. The summed E-state index contributed by atoms with van der Waals surface area (Å²) in [6.07, 6.45) is 3.82. The largest absolute Gasteiger partial charge is 0.494 e. The highest BCUT2D eigenvalue weighted by Gasteiger charge is 2.42. The van der Waals surface area contributed by atoms with E-state index in [1.165, 1.54) is 6.07 Å². The molecule has 1 aliphatic rings. The van der Waals surface area contributed by atoms with Gasteiger partial charge in [0.1, 0.15) is 17.6 Å². The summed E-state index contributed by atoms with van der Waals surface area (Å²) in [5.74, 6) is 0.593. The molecule has 0 bridgehead atoms. The number of hydrogen-bond donors (Lipinski definition) is 1. The van der Waals surface area contributed by atoms with Crippen molar-refractivity contribution in [2.45, 2.75) is 25.9 Å². The van der Waals surface area contributed by atoms with Gasteiger partial charge >= 0.3 is 0 Å².